The van der Waals surface area contributed by atoms with Crippen LogP contribution in [-0.2, 0) is 4.79 Å². The molecular formula is C13H28N2O. The van der Waals surface area contributed by atoms with E-state index in [1.54, 1.807) is 0 Å². The minimum absolute atomic E-state index is 0.116. The van der Waals surface area contributed by atoms with Gasteiger partial charge in [0.2, 0.25) is 5.91 Å². The van der Waals surface area contributed by atoms with E-state index in [0.29, 0.717) is 18.5 Å². The van der Waals surface area contributed by atoms with Crippen molar-refractivity contribution >= 4 is 5.91 Å². The zero-order chi connectivity index (χ0) is 12.8. The molecule has 3 heteroatoms. The van der Waals surface area contributed by atoms with Crippen LogP contribution in [0.25, 0.3) is 0 Å². The Hall–Kier alpha value is -0.570. The molecule has 0 aromatic rings. The van der Waals surface area contributed by atoms with Crippen molar-refractivity contribution in [2.45, 2.75) is 54.0 Å². The maximum Gasteiger partial charge on any atom is 0.225 e. The molecular weight excluding hydrogens is 200 g/mol. The van der Waals surface area contributed by atoms with Crippen LogP contribution in [0.15, 0.2) is 0 Å². The topological polar surface area (TPSA) is 41.1 Å². The monoisotopic (exact) mass is 228 g/mol. The fourth-order valence-electron chi connectivity index (χ4n) is 1.30. The van der Waals surface area contributed by atoms with Gasteiger partial charge in [0.25, 0.3) is 0 Å². The van der Waals surface area contributed by atoms with E-state index in [0.717, 1.165) is 6.54 Å². The lowest BCUT2D eigenvalue weighted by molar-refractivity contribution is -0.128. The first-order valence-electron chi connectivity index (χ1n) is 6.30. The van der Waals surface area contributed by atoms with Crippen molar-refractivity contribution in [2.24, 2.45) is 11.3 Å². The molecule has 0 saturated carbocycles. The van der Waals surface area contributed by atoms with Gasteiger partial charge >= 0.3 is 0 Å². The highest BCUT2D eigenvalue weighted by Gasteiger charge is 2.20. The van der Waals surface area contributed by atoms with Crippen molar-refractivity contribution in [3.63, 3.8) is 0 Å². The molecule has 96 valence electrons. The largest absolute Gasteiger partial charge is 0.354 e. The van der Waals surface area contributed by atoms with Gasteiger partial charge in [-0.3, -0.25) is 4.79 Å². The van der Waals surface area contributed by atoms with Crippen LogP contribution in [0.4, 0.5) is 0 Å². The summed E-state index contributed by atoms with van der Waals surface area (Å²) in [6.45, 7) is 14.0. The van der Waals surface area contributed by atoms with Crippen LogP contribution in [-0.4, -0.2) is 25.0 Å². The van der Waals surface area contributed by atoms with Gasteiger partial charge in [0.05, 0.1) is 0 Å². The molecule has 2 unspecified atom stereocenters. The molecule has 0 aliphatic rings. The number of rotatable bonds is 6. The van der Waals surface area contributed by atoms with Crippen LogP contribution in [0.3, 0.4) is 0 Å². The summed E-state index contributed by atoms with van der Waals surface area (Å²) >= 11 is 0. The molecule has 0 radical (unpaired) electrons. The summed E-state index contributed by atoms with van der Waals surface area (Å²) in [4.78, 5) is 11.6. The summed E-state index contributed by atoms with van der Waals surface area (Å²) in [6, 6.07) is 0.511. The van der Waals surface area contributed by atoms with E-state index >= 15 is 0 Å². The second-order valence-corrected chi connectivity index (χ2v) is 5.63. The molecule has 2 atom stereocenters. The molecule has 0 heterocycles. The van der Waals surface area contributed by atoms with Gasteiger partial charge in [0.15, 0.2) is 0 Å². The first-order chi connectivity index (χ1) is 7.29. The third kappa shape index (κ3) is 6.11. The Labute approximate surface area is 100 Å². The second kappa shape index (κ2) is 6.89. The Kier molecular flexibility index (Phi) is 6.65. The lowest BCUT2D eigenvalue weighted by Gasteiger charge is -2.21. The summed E-state index contributed by atoms with van der Waals surface area (Å²) in [5.74, 6) is 0.795. The van der Waals surface area contributed by atoms with Crippen molar-refractivity contribution in [3.05, 3.63) is 0 Å². The zero-order valence-electron chi connectivity index (χ0n) is 11.7. The normalized spacial score (nSPS) is 15.6. The van der Waals surface area contributed by atoms with E-state index in [-0.39, 0.29) is 11.3 Å². The van der Waals surface area contributed by atoms with Crippen LogP contribution in [0.2, 0.25) is 0 Å². The molecule has 0 aliphatic carbocycles. The number of hydrogen-bond donors (Lipinski definition) is 2. The molecule has 0 aromatic carbocycles. The molecule has 0 fully saturated rings. The van der Waals surface area contributed by atoms with Gasteiger partial charge in [-0.2, -0.15) is 0 Å². The fraction of sp³-hybridized carbons (Fsp3) is 0.923. The van der Waals surface area contributed by atoms with Crippen LogP contribution >= 0.6 is 0 Å². The molecule has 0 saturated heterocycles. The SMILES string of the molecule is CCC(C)C(C)NCCNC(=O)C(C)(C)C. The van der Waals surface area contributed by atoms with Crippen molar-refractivity contribution in [2.75, 3.05) is 13.1 Å². The lowest BCUT2D eigenvalue weighted by Crippen LogP contribution is -2.41. The fourth-order valence-corrected chi connectivity index (χ4v) is 1.30. The third-order valence-electron chi connectivity index (χ3n) is 3.06. The number of nitrogens with one attached hydrogen (secondary N) is 2. The number of carbonyl (C=O) groups is 1. The van der Waals surface area contributed by atoms with Gasteiger partial charge in [-0.1, -0.05) is 41.0 Å². The molecule has 1 amide bonds. The van der Waals surface area contributed by atoms with E-state index in [9.17, 15) is 4.79 Å². The summed E-state index contributed by atoms with van der Waals surface area (Å²) in [5.41, 5.74) is -0.289. The standard InChI is InChI=1S/C13H28N2O/c1-7-10(2)11(3)14-8-9-15-12(16)13(4,5)6/h10-11,14H,7-9H2,1-6H3,(H,15,16). The third-order valence-corrected chi connectivity index (χ3v) is 3.06. The average molecular weight is 228 g/mol. The van der Waals surface area contributed by atoms with Crippen LogP contribution in [0, 0.1) is 11.3 Å². The highest BCUT2D eigenvalue weighted by Crippen LogP contribution is 2.11. The second-order valence-electron chi connectivity index (χ2n) is 5.63. The molecule has 0 bridgehead atoms. The summed E-state index contributed by atoms with van der Waals surface area (Å²) in [7, 11) is 0. The first-order valence-corrected chi connectivity index (χ1v) is 6.30. The highest BCUT2D eigenvalue weighted by molar-refractivity contribution is 5.81. The molecule has 16 heavy (non-hydrogen) atoms. The van der Waals surface area contributed by atoms with Crippen molar-refractivity contribution in [1.29, 1.82) is 0 Å². The molecule has 0 rings (SSSR count). The molecule has 0 spiro atoms. The quantitative estimate of drug-likeness (QED) is 0.684. The maximum atomic E-state index is 11.6. The lowest BCUT2D eigenvalue weighted by atomic mass is 9.96. The van der Waals surface area contributed by atoms with Gasteiger partial charge in [-0.25, -0.2) is 0 Å². The minimum Gasteiger partial charge on any atom is -0.354 e. The smallest absolute Gasteiger partial charge is 0.225 e. The van der Waals surface area contributed by atoms with Crippen LogP contribution in [0.1, 0.15) is 48.0 Å². The summed E-state index contributed by atoms with van der Waals surface area (Å²) < 4.78 is 0. The Morgan fingerprint density at radius 1 is 1.19 bits per heavy atom. The molecule has 3 nitrogen and oxygen atoms in total. The van der Waals surface area contributed by atoms with Crippen molar-refractivity contribution in [3.8, 4) is 0 Å². The average Bonchev–Trinajstić information content (AvgIpc) is 2.20. The Balaban J connectivity index is 3.65. The van der Waals surface area contributed by atoms with Crippen molar-refractivity contribution in [1.82, 2.24) is 10.6 Å². The van der Waals surface area contributed by atoms with Crippen molar-refractivity contribution < 1.29 is 4.79 Å². The Morgan fingerprint density at radius 2 is 1.75 bits per heavy atom. The predicted molar refractivity (Wildman–Crippen MR) is 69.4 cm³/mol. The van der Waals surface area contributed by atoms with Crippen LogP contribution < -0.4 is 10.6 Å². The van der Waals surface area contributed by atoms with E-state index < -0.39 is 0 Å². The van der Waals surface area contributed by atoms with Crippen LogP contribution in [0.5, 0.6) is 0 Å². The molecule has 2 N–H and O–H groups in total. The van der Waals surface area contributed by atoms with Gasteiger partial charge in [-0.05, 0) is 12.8 Å². The van der Waals surface area contributed by atoms with Gasteiger partial charge in [0, 0.05) is 24.5 Å². The van der Waals surface area contributed by atoms with Gasteiger partial charge in [0.1, 0.15) is 0 Å². The van der Waals surface area contributed by atoms with E-state index in [1.807, 2.05) is 20.8 Å². The predicted octanol–water partition coefficient (Wildman–Crippen LogP) is 2.17. The van der Waals surface area contributed by atoms with E-state index in [4.69, 9.17) is 0 Å². The number of hydrogen-bond acceptors (Lipinski definition) is 2. The van der Waals surface area contributed by atoms with E-state index in [1.165, 1.54) is 6.42 Å². The summed E-state index contributed by atoms with van der Waals surface area (Å²) in [6.07, 6.45) is 1.18. The number of amides is 1. The molecule has 0 aliphatic heterocycles. The van der Waals surface area contributed by atoms with E-state index in [2.05, 4.69) is 31.4 Å². The number of carbonyl (C=O) groups excluding carboxylic acids is 1. The van der Waals surface area contributed by atoms with Gasteiger partial charge in [-0.15, -0.1) is 0 Å². The molecule has 0 aromatic heterocycles. The zero-order valence-corrected chi connectivity index (χ0v) is 11.7. The minimum atomic E-state index is -0.289. The van der Waals surface area contributed by atoms with Gasteiger partial charge < -0.3 is 10.6 Å². The highest BCUT2D eigenvalue weighted by atomic mass is 16.2. The Bertz CT molecular complexity index is 208. The Morgan fingerprint density at radius 3 is 2.19 bits per heavy atom. The first kappa shape index (κ1) is 15.4. The maximum absolute atomic E-state index is 11.6. The summed E-state index contributed by atoms with van der Waals surface area (Å²) in [5, 5.41) is 6.36.